The van der Waals surface area contributed by atoms with Crippen molar-refractivity contribution in [1.29, 1.82) is 0 Å². The van der Waals surface area contributed by atoms with Gasteiger partial charge in [-0.25, -0.2) is 9.18 Å². The van der Waals surface area contributed by atoms with Crippen LogP contribution in [0.15, 0.2) is 36.4 Å². The molecule has 0 bridgehead atoms. The summed E-state index contributed by atoms with van der Waals surface area (Å²) in [5.41, 5.74) is 2.69. The van der Waals surface area contributed by atoms with Crippen molar-refractivity contribution >= 4 is 17.6 Å². The number of aliphatic hydroxyl groups excluding tert-OH is 1. The molecule has 0 aromatic heterocycles. The van der Waals surface area contributed by atoms with E-state index in [1.54, 1.807) is 6.07 Å². The van der Waals surface area contributed by atoms with Crippen LogP contribution in [0.3, 0.4) is 0 Å². The number of hydrogen-bond donors (Lipinski definition) is 2. The molecule has 0 spiro atoms. The third kappa shape index (κ3) is 4.10. The molecule has 0 fully saturated rings. The Hall–Kier alpha value is -2.73. The van der Waals surface area contributed by atoms with Crippen LogP contribution >= 0.6 is 0 Å². The Labute approximate surface area is 176 Å². The third-order valence-corrected chi connectivity index (χ3v) is 6.09. The molecule has 160 valence electrons. The lowest BCUT2D eigenvalue weighted by Crippen LogP contribution is -2.34. The first-order valence-corrected chi connectivity index (χ1v) is 9.98. The fraction of sp³-hybridized carbons (Fsp3) is 0.417. The van der Waals surface area contributed by atoms with Crippen LogP contribution < -0.4 is 5.32 Å². The number of fused-ring (bicyclic) bond motifs is 1. The first-order valence-electron chi connectivity index (χ1n) is 9.98. The van der Waals surface area contributed by atoms with Gasteiger partial charge >= 0.3 is 5.97 Å². The van der Waals surface area contributed by atoms with E-state index in [2.05, 4.69) is 37.7 Å². The van der Waals surface area contributed by atoms with Crippen LogP contribution in [0.25, 0.3) is 0 Å². The van der Waals surface area contributed by atoms with E-state index >= 15 is 0 Å². The second kappa shape index (κ2) is 7.84. The standard InChI is InChI=1S/C24H28FNO4/c1-23(2)10-11-24(3,4)17-12-14(6-8-16(17)23)20(27)21(28)26-19-9-7-15(13-18(19)25)22(29)30-5/h6-9,12-13,20,27H,10-11H2,1-5H3,(H,26,28)/t20-/m1/s1/i20+2,21+2. The predicted molar refractivity (Wildman–Crippen MR) is 113 cm³/mol. The SMILES string of the molecule is COC(=O)c1ccc(N[14C](=O)[14C@H](O)c2ccc3c(c2)C(C)(C)CCC3(C)C)c(F)c1. The van der Waals surface area contributed by atoms with Crippen LogP contribution in [0.5, 0.6) is 0 Å². The van der Waals surface area contributed by atoms with Crippen molar-refractivity contribution in [3.8, 4) is 0 Å². The van der Waals surface area contributed by atoms with Gasteiger partial charge in [0.25, 0.3) is 5.91 Å². The number of hydrogen-bond acceptors (Lipinski definition) is 4. The number of anilines is 1. The van der Waals surface area contributed by atoms with Crippen molar-refractivity contribution in [3.63, 3.8) is 0 Å². The Morgan fingerprint density at radius 1 is 1.10 bits per heavy atom. The molecule has 0 aliphatic heterocycles. The van der Waals surface area contributed by atoms with E-state index in [4.69, 9.17) is 0 Å². The van der Waals surface area contributed by atoms with Gasteiger partial charge in [-0.15, -0.1) is 0 Å². The van der Waals surface area contributed by atoms with Crippen LogP contribution in [0.2, 0.25) is 0 Å². The van der Waals surface area contributed by atoms with Crippen LogP contribution in [-0.2, 0) is 20.4 Å². The van der Waals surface area contributed by atoms with Gasteiger partial charge in [-0.3, -0.25) is 4.79 Å². The lowest BCUT2D eigenvalue weighted by atomic mass is 9.63. The molecule has 0 saturated carbocycles. The lowest BCUT2D eigenvalue weighted by molar-refractivity contribution is -0.124. The molecule has 1 aliphatic carbocycles. The molecule has 1 atom stereocenters. The van der Waals surface area contributed by atoms with Crippen molar-refractivity contribution in [2.75, 3.05) is 12.4 Å². The number of rotatable bonds is 4. The summed E-state index contributed by atoms with van der Waals surface area (Å²) >= 11 is 0. The number of benzene rings is 2. The largest absolute Gasteiger partial charge is 0.465 e. The number of carbonyl (C=O) groups excluding carboxylic acids is 2. The number of ether oxygens (including phenoxy) is 1. The molecule has 3 rings (SSSR count). The van der Waals surface area contributed by atoms with Crippen LogP contribution in [-0.4, -0.2) is 24.1 Å². The van der Waals surface area contributed by atoms with E-state index in [1.165, 1.54) is 24.8 Å². The van der Waals surface area contributed by atoms with Gasteiger partial charge in [0, 0.05) is 0 Å². The summed E-state index contributed by atoms with van der Waals surface area (Å²) in [7, 11) is 1.20. The molecule has 2 N–H and O–H groups in total. The first kappa shape index (κ1) is 22.0. The smallest absolute Gasteiger partial charge is 0.337 e. The number of nitrogens with one attached hydrogen (secondary N) is 1. The maximum absolute atomic E-state index is 14.3. The summed E-state index contributed by atoms with van der Waals surface area (Å²) in [4.78, 5) is 24.1. The van der Waals surface area contributed by atoms with Crippen LogP contribution in [0, 0.1) is 5.82 Å². The number of esters is 1. The molecule has 0 heterocycles. The molecule has 0 radical (unpaired) electrons. The molecule has 6 heteroatoms. The minimum Gasteiger partial charge on any atom is -0.465 e. The van der Waals surface area contributed by atoms with Gasteiger partial charge in [0.15, 0.2) is 6.10 Å². The van der Waals surface area contributed by atoms with E-state index in [1.807, 2.05) is 12.1 Å². The Morgan fingerprint density at radius 2 is 1.73 bits per heavy atom. The van der Waals surface area contributed by atoms with E-state index < -0.39 is 23.8 Å². The van der Waals surface area contributed by atoms with Crippen LogP contribution in [0.4, 0.5) is 10.1 Å². The zero-order valence-electron chi connectivity index (χ0n) is 18.0. The fourth-order valence-electron chi connectivity index (χ4n) is 3.99. The summed E-state index contributed by atoms with van der Waals surface area (Å²) in [6, 6.07) is 9.22. The van der Waals surface area contributed by atoms with Crippen molar-refractivity contribution in [2.45, 2.75) is 57.5 Å². The second-order valence-corrected chi connectivity index (χ2v) is 9.15. The monoisotopic (exact) mass is 417 g/mol. The Bertz CT molecular complexity index is 997. The number of carbonyl (C=O) groups is 2. The van der Waals surface area contributed by atoms with E-state index in [0.717, 1.165) is 24.5 Å². The minimum absolute atomic E-state index is 0.0289. The molecule has 0 unspecified atom stereocenters. The van der Waals surface area contributed by atoms with Crippen molar-refractivity contribution in [1.82, 2.24) is 0 Å². The second-order valence-electron chi connectivity index (χ2n) is 9.15. The zero-order chi connectivity index (χ0) is 22.3. The zero-order valence-corrected chi connectivity index (χ0v) is 18.0. The molecule has 1 aliphatic rings. The molecule has 0 saturated heterocycles. The van der Waals surface area contributed by atoms with E-state index in [9.17, 15) is 19.1 Å². The Kier molecular flexibility index (Phi) is 5.74. The average Bonchev–Trinajstić information content (AvgIpc) is 2.71. The highest BCUT2D eigenvalue weighted by Crippen LogP contribution is 2.46. The molecule has 1 amide bonds. The highest BCUT2D eigenvalue weighted by Gasteiger charge is 2.37. The number of methoxy groups -OCH3 is 1. The van der Waals surface area contributed by atoms with Gasteiger partial charge < -0.3 is 15.2 Å². The third-order valence-electron chi connectivity index (χ3n) is 6.09. The summed E-state index contributed by atoms with van der Waals surface area (Å²) in [5.74, 6) is -2.20. The normalized spacial score (nSPS) is 17.6. The van der Waals surface area contributed by atoms with Gasteiger partial charge in [-0.1, -0.05) is 45.9 Å². The van der Waals surface area contributed by atoms with E-state index in [0.29, 0.717) is 5.56 Å². The highest BCUT2D eigenvalue weighted by molar-refractivity contribution is 5.96. The Morgan fingerprint density at radius 3 is 2.33 bits per heavy atom. The quantitative estimate of drug-likeness (QED) is 0.711. The summed E-state index contributed by atoms with van der Waals surface area (Å²) < 4.78 is 18.8. The minimum atomic E-state index is -1.45. The van der Waals surface area contributed by atoms with Gasteiger partial charge in [0.1, 0.15) is 5.82 Å². The Balaban J connectivity index is 1.84. The molecule has 30 heavy (non-hydrogen) atoms. The lowest BCUT2D eigenvalue weighted by Gasteiger charge is -2.42. The molecule has 2 aromatic carbocycles. The van der Waals surface area contributed by atoms with Gasteiger partial charge in [-0.2, -0.15) is 0 Å². The highest BCUT2D eigenvalue weighted by atomic mass is 19.1. The molecule has 2 aromatic rings. The maximum atomic E-state index is 14.3. The average molecular weight is 417 g/mol. The fourth-order valence-corrected chi connectivity index (χ4v) is 3.99. The van der Waals surface area contributed by atoms with Crippen LogP contribution in [0.1, 0.15) is 73.7 Å². The summed E-state index contributed by atoms with van der Waals surface area (Å²) in [5, 5.41) is 13.0. The van der Waals surface area contributed by atoms with Gasteiger partial charge in [0.05, 0.1) is 18.4 Å². The predicted octanol–water partition coefficient (Wildman–Crippen LogP) is 4.63. The molecular weight excluding hydrogens is 389 g/mol. The van der Waals surface area contributed by atoms with Crippen molar-refractivity contribution in [3.05, 3.63) is 64.5 Å². The number of amides is 1. The molecular formula is C24H28FNO4. The molecule has 5 nitrogen and oxygen atoms in total. The van der Waals surface area contributed by atoms with E-state index in [-0.39, 0.29) is 22.1 Å². The van der Waals surface area contributed by atoms with Crippen molar-refractivity contribution in [2.24, 2.45) is 0 Å². The van der Waals surface area contributed by atoms with Crippen molar-refractivity contribution < 1.29 is 23.8 Å². The summed E-state index contributed by atoms with van der Waals surface area (Å²) in [6.07, 6.45) is 0.628. The van der Waals surface area contributed by atoms with Gasteiger partial charge in [-0.05, 0) is 58.6 Å². The number of aliphatic hydroxyl groups is 1. The first-order chi connectivity index (χ1) is 14.0. The van der Waals surface area contributed by atoms with Gasteiger partial charge in [0.2, 0.25) is 0 Å². The summed E-state index contributed by atoms with van der Waals surface area (Å²) in [6.45, 7) is 8.72. The number of halogens is 1. The topological polar surface area (TPSA) is 75.6 Å². The maximum Gasteiger partial charge on any atom is 0.337 e.